The molecule has 9 nitrogen and oxygen atoms in total. The summed E-state index contributed by atoms with van der Waals surface area (Å²) in [5, 5.41) is 9.30. The first-order valence-corrected chi connectivity index (χ1v) is 13.4. The van der Waals surface area contributed by atoms with Gasteiger partial charge in [-0.25, -0.2) is 9.78 Å². The molecule has 1 aromatic carbocycles. The van der Waals surface area contributed by atoms with Gasteiger partial charge in [-0.1, -0.05) is 38.1 Å². The largest absolute Gasteiger partial charge is 0.489 e. The summed E-state index contributed by atoms with van der Waals surface area (Å²) in [5.41, 5.74) is 1.79. The Morgan fingerprint density at radius 1 is 1.00 bits per heavy atom. The molecule has 0 radical (unpaired) electrons. The number of ether oxygens (including phenoxy) is 1. The molecular weight excluding hydrogens is 494 g/mol. The SMILES string of the molecule is CC(C)(C)c1cc(NC(=O)Nc2ccc(CC(=O)c3ccc(OC4CCN(C(C)(C)C)CC4)cn3)cc2)no1. The second-order valence-electron chi connectivity index (χ2n) is 12.1. The van der Waals surface area contributed by atoms with E-state index in [1.165, 1.54) is 0 Å². The number of hydrogen-bond donors (Lipinski definition) is 2. The highest BCUT2D eigenvalue weighted by molar-refractivity contribution is 5.99. The minimum absolute atomic E-state index is 0.0841. The number of carbonyl (C=O) groups is 2. The summed E-state index contributed by atoms with van der Waals surface area (Å²) >= 11 is 0. The van der Waals surface area contributed by atoms with Crippen LogP contribution in [0.25, 0.3) is 0 Å². The molecule has 39 heavy (non-hydrogen) atoms. The normalized spacial score (nSPS) is 15.1. The minimum Gasteiger partial charge on any atom is -0.489 e. The van der Waals surface area contributed by atoms with Gasteiger partial charge in [-0.15, -0.1) is 0 Å². The van der Waals surface area contributed by atoms with Gasteiger partial charge < -0.3 is 14.6 Å². The fourth-order valence-corrected chi connectivity index (χ4v) is 4.40. The van der Waals surface area contributed by atoms with Gasteiger partial charge in [0.2, 0.25) is 0 Å². The lowest BCUT2D eigenvalue weighted by Crippen LogP contribution is -2.48. The zero-order valence-electron chi connectivity index (χ0n) is 23.7. The van der Waals surface area contributed by atoms with Gasteiger partial charge in [-0.3, -0.25) is 15.0 Å². The molecule has 1 aliphatic heterocycles. The van der Waals surface area contributed by atoms with E-state index in [9.17, 15) is 9.59 Å². The third-order valence-corrected chi connectivity index (χ3v) is 6.78. The first kappa shape index (κ1) is 28.3. The van der Waals surface area contributed by atoms with Crippen molar-refractivity contribution in [3.63, 3.8) is 0 Å². The van der Waals surface area contributed by atoms with Crippen molar-refractivity contribution in [3.8, 4) is 5.75 Å². The number of hydrogen-bond acceptors (Lipinski definition) is 7. The van der Waals surface area contributed by atoms with E-state index in [0.717, 1.165) is 31.5 Å². The Balaban J connectivity index is 1.24. The molecule has 4 rings (SSSR count). The monoisotopic (exact) mass is 533 g/mol. The fourth-order valence-electron chi connectivity index (χ4n) is 4.40. The van der Waals surface area contributed by atoms with Crippen LogP contribution in [-0.2, 0) is 11.8 Å². The summed E-state index contributed by atoms with van der Waals surface area (Å²) in [6, 6.07) is 11.9. The number of nitrogens with one attached hydrogen (secondary N) is 2. The van der Waals surface area contributed by atoms with Gasteiger partial charge in [0.05, 0.1) is 6.20 Å². The molecule has 0 atom stereocenters. The lowest BCUT2D eigenvalue weighted by molar-refractivity contribution is 0.0490. The summed E-state index contributed by atoms with van der Waals surface area (Å²) < 4.78 is 11.4. The van der Waals surface area contributed by atoms with Gasteiger partial charge in [-0.05, 0) is 63.4 Å². The molecule has 0 unspecified atom stereocenters. The maximum Gasteiger partial charge on any atom is 0.324 e. The van der Waals surface area contributed by atoms with Crippen LogP contribution in [-0.4, -0.2) is 51.6 Å². The Labute approximate surface area is 230 Å². The van der Waals surface area contributed by atoms with Crippen LogP contribution in [0.2, 0.25) is 0 Å². The van der Waals surface area contributed by atoms with Crippen molar-refractivity contribution in [3.05, 3.63) is 65.7 Å². The lowest BCUT2D eigenvalue weighted by atomic mass is 9.93. The van der Waals surface area contributed by atoms with Crippen LogP contribution in [0.1, 0.15) is 76.2 Å². The van der Waals surface area contributed by atoms with Crippen molar-refractivity contribution in [1.82, 2.24) is 15.0 Å². The van der Waals surface area contributed by atoms with Gasteiger partial charge in [-0.2, -0.15) is 0 Å². The van der Waals surface area contributed by atoms with Gasteiger partial charge in [0.25, 0.3) is 0 Å². The second kappa shape index (κ2) is 11.6. The van der Waals surface area contributed by atoms with Crippen LogP contribution < -0.4 is 15.4 Å². The number of Topliss-reactive ketones (excluding diaryl/α,β-unsaturated/α-hetero) is 1. The summed E-state index contributed by atoms with van der Waals surface area (Å²) in [6.07, 6.45) is 3.96. The standard InChI is InChI=1S/C30H39N5O4/c1-29(2,3)26-18-27(34-39-26)33-28(37)32-21-9-7-20(8-10-21)17-25(36)24-12-11-23(19-31-24)38-22-13-15-35(16-14-22)30(4,5)6/h7-12,18-19,22H,13-17H2,1-6H3,(H2,32,33,34,37). The van der Waals surface area contributed by atoms with E-state index in [-0.39, 0.29) is 29.3 Å². The van der Waals surface area contributed by atoms with E-state index in [0.29, 0.717) is 28.7 Å². The van der Waals surface area contributed by atoms with Crippen LogP contribution in [0.3, 0.4) is 0 Å². The topological polar surface area (TPSA) is 110 Å². The molecule has 208 valence electrons. The molecule has 0 spiro atoms. The molecule has 2 aromatic heterocycles. The van der Waals surface area contributed by atoms with E-state index in [2.05, 4.69) is 46.4 Å². The minimum atomic E-state index is -0.432. The average Bonchev–Trinajstić information content (AvgIpc) is 3.34. The van der Waals surface area contributed by atoms with Crippen LogP contribution in [0.4, 0.5) is 16.3 Å². The number of anilines is 2. The van der Waals surface area contributed by atoms with Crippen molar-refractivity contribution in [1.29, 1.82) is 0 Å². The van der Waals surface area contributed by atoms with Crippen LogP contribution in [0, 0.1) is 0 Å². The summed E-state index contributed by atoms with van der Waals surface area (Å²) in [7, 11) is 0. The first-order valence-electron chi connectivity index (χ1n) is 13.4. The highest BCUT2D eigenvalue weighted by atomic mass is 16.5. The van der Waals surface area contributed by atoms with Crippen molar-refractivity contribution in [2.45, 2.75) is 77.9 Å². The Bertz CT molecular complexity index is 1260. The maximum absolute atomic E-state index is 12.8. The summed E-state index contributed by atoms with van der Waals surface area (Å²) in [5.74, 6) is 1.63. The third kappa shape index (κ3) is 7.89. The summed E-state index contributed by atoms with van der Waals surface area (Å²) in [4.78, 5) is 31.9. The van der Waals surface area contributed by atoms with Crippen LogP contribution in [0.15, 0.2) is 53.2 Å². The Hall–Kier alpha value is -3.72. The molecule has 1 saturated heterocycles. The second-order valence-corrected chi connectivity index (χ2v) is 12.1. The van der Waals surface area contributed by atoms with Crippen LogP contribution in [0.5, 0.6) is 5.75 Å². The molecule has 1 fully saturated rings. The van der Waals surface area contributed by atoms with E-state index in [4.69, 9.17) is 9.26 Å². The highest BCUT2D eigenvalue weighted by Gasteiger charge is 2.28. The number of rotatable bonds is 7. The van der Waals surface area contributed by atoms with Crippen molar-refractivity contribution >= 4 is 23.3 Å². The quantitative estimate of drug-likeness (QED) is 0.354. The lowest BCUT2D eigenvalue weighted by Gasteiger charge is -2.40. The molecule has 0 bridgehead atoms. The number of urea groups is 1. The number of nitrogens with zero attached hydrogens (tertiary/aromatic N) is 3. The van der Waals surface area contributed by atoms with E-state index in [1.54, 1.807) is 30.5 Å². The number of ketones is 1. The van der Waals surface area contributed by atoms with Crippen molar-refractivity contribution < 1.29 is 18.8 Å². The molecule has 1 aliphatic rings. The number of likely N-dealkylation sites (tertiary alicyclic amines) is 1. The molecule has 2 amide bonds. The Kier molecular flexibility index (Phi) is 8.39. The highest BCUT2D eigenvalue weighted by Crippen LogP contribution is 2.25. The van der Waals surface area contributed by atoms with Crippen molar-refractivity contribution in [2.75, 3.05) is 23.7 Å². The molecule has 3 heterocycles. The zero-order chi connectivity index (χ0) is 28.2. The number of amides is 2. The van der Waals surface area contributed by atoms with E-state index in [1.807, 2.05) is 39.0 Å². The molecule has 0 saturated carbocycles. The van der Waals surface area contributed by atoms with Gasteiger partial charge in [0.1, 0.15) is 23.3 Å². The zero-order valence-corrected chi connectivity index (χ0v) is 23.7. The fraction of sp³-hybridized carbons (Fsp3) is 0.467. The predicted molar refractivity (Wildman–Crippen MR) is 152 cm³/mol. The van der Waals surface area contributed by atoms with Crippen molar-refractivity contribution in [2.24, 2.45) is 0 Å². The van der Waals surface area contributed by atoms with Gasteiger partial charge >= 0.3 is 6.03 Å². The molecule has 9 heteroatoms. The molecule has 0 aliphatic carbocycles. The number of carbonyl (C=O) groups excluding carboxylic acids is 2. The number of benzene rings is 1. The smallest absolute Gasteiger partial charge is 0.324 e. The number of pyridine rings is 1. The van der Waals surface area contributed by atoms with E-state index < -0.39 is 6.03 Å². The summed E-state index contributed by atoms with van der Waals surface area (Å²) in [6.45, 7) is 14.7. The molecule has 2 N–H and O–H groups in total. The van der Waals surface area contributed by atoms with Gasteiger partial charge in [0, 0.05) is 42.2 Å². The first-order chi connectivity index (χ1) is 18.4. The Morgan fingerprint density at radius 3 is 2.26 bits per heavy atom. The third-order valence-electron chi connectivity index (χ3n) is 6.78. The molecular formula is C30H39N5O4. The average molecular weight is 534 g/mol. The maximum atomic E-state index is 12.8. The number of aromatic nitrogens is 2. The molecule has 3 aromatic rings. The van der Waals surface area contributed by atoms with E-state index >= 15 is 0 Å². The van der Waals surface area contributed by atoms with Crippen LogP contribution >= 0.6 is 0 Å². The van der Waals surface area contributed by atoms with Gasteiger partial charge in [0.15, 0.2) is 11.6 Å². The number of piperidine rings is 1. The Morgan fingerprint density at radius 2 is 1.69 bits per heavy atom. The predicted octanol–water partition coefficient (Wildman–Crippen LogP) is 6.08.